The molecule has 20 heavy (non-hydrogen) atoms. The van der Waals surface area contributed by atoms with Crippen LogP contribution in [0, 0.1) is 11.8 Å². The van der Waals surface area contributed by atoms with Gasteiger partial charge in [-0.15, -0.1) is 0 Å². The Morgan fingerprint density at radius 3 is 1.90 bits per heavy atom. The molecule has 4 heteroatoms. The monoisotopic (exact) mass is 286 g/mol. The highest BCUT2D eigenvalue weighted by Crippen LogP contribution is 2.26. The van der Waals surface area contributed by atoms with Crippen LogP contribution in [0.4, 0.5) is 0 Å². The van der Waals surface area contributed by atoms with E-state index in [1.54, 1.807) is 0 Å². The second kappa shape index (κ2) is 11.7. The standard InChI is InChI=1S/C16H30O4/c1-3-5-6-7-8-9-10-11-13(4-2)14(16(19)20)12-15(17)18/h13-14H,3-12H2,1-2H3,(H,17,18)(H,19,20). The van der Waals surface area contributed by atoms with Crippen LogP contribution in [0.5, 0.6) is 0 Å². The van der Waals surface area contributed by atoms with Crippen molar-refractivity contribution in [2.75, 3.05) is 0 Å². The minimum atomic E-state index is -1.02. The van der Waals surface area contributed by atoms with Crippen LogP contribution >= 0.6 is 0 Å². The average molecular weight is 286 g/mol. The van der Waals surface area contributed by atoms with E-state index in [4.69, 9.17) is 10.2 Å². The highest BCUT2D eigenvalue weighted by Gasteiger charge is 2.28. The summed E-state index contributed by atoms with van der Waals surface area (Å²) in [4.78, 5) is 21.9. The molecule has 0 amide bonds. The lowest BCUT2D eigenvalue weighted by Gasteiger charge is -2.21. The van der Waals surface area contributed by atoms with Crippen molar-refractivity contribution in [2.24, 2.45) is 11.8 Å². The number of hydrogen-bond donors (Lipinski definition) is 2. The molecule has 0 aliphatic rings. The summed E-state index contributed by atoms with van der Waals surface area (Å²) in [6.45, 7) is 4.14. The molecule has 0 aromatic carbocycles. The number of carboxylic acids is 2. The summed E-state index contributed by atoms with van der Waals surface area (Å²) in [7, 11) is 0. The van der Waals surface area contributed by atoms with Gasteiger partial charge in [-0.05, 0) is 12.3 Å². The Labute approximate surface area is 122 Å². The van der Waals surface area contributed by atoms with Gasteiger partial charge >= 0.3 is 11.9 Å². The van der Waals surface area contributed by atoms with Gasteiger partial charge in [-0.25, -0.2) is 0 Å². The maximum atomic E-state index is 11.2. The van der Waals surface area contributed by atoms with Gasteiger partial charge in [0, 0.05) is 0 Å². The van der Waals surface area contributed by atoms with Gasteiger partial charge in [0.2, 0.25) is 0 Å². The zero-order chi connectivity index (χ0) is 15.4. The summed E-state index contributed by atoms with van der Waals surface area (Å²) in [6.07, 6.45) is 9.71. The molecule has 2 N–H and O–H groups in total. The van der Waals surface area contributed by atoms with Crippen molar-refractivity contribution < 1.29 is 19.8 Å². The Bertz CT molecular complexity index is 276. The number of hydrogen-bond acceptors (Lipinski definition) is 2. The van der Waals surface area contributed by atoms with Gasteiger partial charge < -0.3 is 10.2 Å². The smallest absolute Gasteiger partial charge is 0.307 e. The van der Waals surface area contributed by atoms with Gasteiger partial charge in [-0.1, -0.05) is 65.2 Å². The molecule has 0 heterocycles. The van der Waals surface area contributed by atoms with Crippen molar-refractivity contribution in [3.63, 3.8) is 0 Å². The van der Waals surface area contributed by atoms with E-state index in [0.717, 1.165) is 25.7 Å². The summed E-state index contributed by atoms with van der Waals surface area (Å²) >= 11 is 0. The Morgan fingerprint density at radius 1 is 0.900 bits per heavy atom. The van der Waals surface area contributed by atoms with Gasteiger partial charge in [0.05, 0.1) is 12.3 Å². The van der Waals surface area contributed by atoms with E-state index < -0.39 is 17.9 Å². The molecule has 4 nitrogen and oxygen atoms in total. The second-order valence-electron chi connectivity index (χ2n) is 5.62. The Hall–Kier alpha value is -1.06. The molecular formula is C16H30O4. The molecule has 118 valence electrons. The average Bonchev–Trinajstić information content (AvgIpc) is 2.39. The van der Waals surface area contributed by atoms with E-state index in [2.05, 4.69) is 6.92 Å². The maximum Gasteiger partial charge on any atom is 0.307 e. The highest BCUT2D eigenvalue weighted by atomic mass is 16.4. The SMILES string of the molecule is CCCCCCCCCC(CC)C(CC(=O)O)C(=O)O. The number of carbonyl (C=O) groups is 2. The minimum absolute atomic E-state index is 0.0146. The van der Waals surface area contributed by atoms with Gasteiger partial charge in [-0.3, -0.25) is 9.59 Å². The maximum absolute atomic E-state index is 11.2. The molecule has 0 aliphatic carbocycles. The lowest BCUT2D eigenvalue weighted by molar-refractivity contribution is -0.150. The quantitative estimate of drug-likeness (QED) is 0.494. The van der Waals surface area contributed by atoms with E-state index in [1.807, 2.05) is 6.92 Å². The topological polar surface area (TPSA) is 74.6 Å². The number of aliphatic carboxylic acids is 2. The van der Waals surface area contributed by atoms with Crippen LogP contribution in [0.25, 0.3) is 0 Å². The Morgan fingerprint density at radius 2 is 1.45 bits per heavy atom. The van der Waals surface area contributed by atoms with Crippen molar-refractivity contribution in [1.82, 2.24) is 0 Å². The zero-order valence-corrected chi connectivity index (χ0v) is 12.9. The normalized spacial score (nSPS) is 13.9. The first-order chi connectivity index (χ1) is 9.52. The van der Waals surface area contributed by atoms with Crippen molar-refractivity contribution in [3.8, 4) is 0 Å². The van der Waals surface area contributed by atoms with Gasteiger partial charge in [0.25, 0.3) is 0 Å². The van der Waals surface area contributed by atoms with E-state index in [9.17, 15) is 9.59 Å². The van der Waals surface area contributed by atoms with Crippen molar-refractivity contribution in [3.05, 3.63) is 0 Å². The fraction of sp³-hybridized carbons (Fsp3) is 0.875. The van der Waals surface area contributed by atoms with E-state index >= 15 is 0 Å². The Balaban J connectivity index is 3.99. The summed E-state index contributed by atoms with van der Waals surface area (Å²) in [5.74, 6) is -2.74. The summed E-state index contributed by atoms with van der Waals surface area (Å²) in [5.41, 5.74) is 0. The molecule has 2 unspecified atom stereocenters. The van der Waals surface area contributed by atoms with Gasteiger partial charge in [0.1, 0.15) is 0 Å². The molecule has 0 rings (SSSR count). The van der Waals surface area contributed by atoms with Gasteiger partial charge in [-0.2, -0.15) is 0 Å². The Kier molecular flexibility index (Phi) is 11.1. The van der Waals surface area contributed by atoms with Crippen LogP contribution in [-0.4, -0.2) is 22.2 Å². The number of carboxylic acid groups (broad SMARTS) is 2. The lowest BCUT2D eigenvalue weighted by Crippen LogP contribution is -2.26. The molecule has 0 aromatic heterocycles. The molecule has 0 bridgehead atoms. The molecule has 2 atom stereocenters. The third-order valence-electron chi connectivity index (χ3n) is 3.98. The van der Waals surface area contributed by atoms with Crippen LogP contribution in [-0.2, 0) is 9.59 Å². The largest absolute Gasteiger partial charge is 0.481 e. The molecule has 0 aromatic rings. The van der Waals surface area contributed by atoms with Crippen LogP contribution in [0.3, 0.4) is 0 Å². The first kappa shape index (κ1) is 18.9. The predicted molar refractivity (Wildman–Crippen MR) is 79.8 cm³/mol. The minimum Gasteiger partial charge on any atom is -0.481 e. The summed E-state index contributed by atoms with van der Waals surface area (Å²) in [5, 5.41) is 18.0. The summed E-state index contributed by atoms with van der Waals surface area (Å²) < 4.78 is 0. The molecule has 0 saturated carbocycles. The molecule has 0 spiro atoms. The predicted octanol–water partition coefficient (Wildman–Crippen LogP) is 4.33. The summed E-state index contributed by atoms with van der Waals surface area (Å²) in [6, 6.07) is 0. The first-order valence-corrected chi connectivity index (χ1v) is 7.97. The van der Waals surface area contributed by atoms with Crippen molar-refractivity contribution >= 4 is 11.9 Å². The van der Waals surface area contributed by atoms with Crippen molar-refractivity contribution in [1.29, 1.82) is 0 Å². The van der Waals surface area contributed by atoms with E-state index in [0.29, 0.717) is 0 Å². The number of unbranched alkanes of at least 4 members (excludes halogenated alkanes) is 6. The van der Waals surface area contributed by atoms with Gasteiger partial charge in [0.15, 0.2) is 0 Å². The van der Waals surface area contributed by atoms with Crippen molar-refractivity contribution in [2.45, 2.75) is 78.1 Å². The molecule has 0 fully saturated rings. The molecule has 0 aliphatic heterocycles. The van der Waals surface area contributed by atoms with Crippen LogP contribution in [0.1, 0.15) is 78.1 Å². The second-order valence-corrected chi connectivity index (χ2v) is 5.62. The molecule has 0 saturated heterocycles. The fourth-order valence-electron chi connectivity index (χ4n) is 2.70. The zero-order valence-electron chi connectivity index (χ0n) is 12.9. The van der Waals surface area contributed by atoms with E-state index in [1.165, 1.54) is 32.1 Å². The fourth-order valence-corrected chi connectivity index (χ4v) is 2.70. The van der Waals surface area contributed by atoms with Crippen LogP contribution in [0.2, 0.25) is 0 Å². The molecule has 0 radical (unpaired) electrons. The van der Waals surface area contributed by atoms with E-state index in [-0.39, 0.29) is 12.3 Å². The highest BCUT2D eigenvalue weighted by molar-refractivity contribution is 5.77. The lowest BCUT2D eigenvalue weighted by atomic mass is 9.83. The van der Waals surface area contributed by atoms with Crippen LogP contribution in [0.15, 0.2) is 0 Å². The first-order valence-electron chi connectivity index (χ1n) is 7.97. The third kappa shape index (κ3) is 8.94. The molecular weight excluding hydrogens is 256 g/mol. The number of rotatable bonds is 13. The third-order valence-corrected chi connectivity index (χ3v) is 3.98. The van der Waals surface area contributed by atoms with Crippen LogP contribution < -0.4 is 0 Å².